The number of alkyl halides is 3. The number of anilines is 2. The topological polar surface area (TPSA) is 82.7 Å². The van der Waals surface area contributed by atoms with Crippen molar-refractivity contribution >= 4 is 52.2 Å². The van der Waals surface area contributed by atoms with Gasteiger partial charge in [-0.05, 0) is 12.1 Å². The summed E-state index contributed by atoms with van der Waals surface area (Å²) in [6.45, 7) is 3.50. The average molecular weight is 527 g/mol. The second-order valence-electron chi connectivity index (χ2n) is 5.85. The van der Waals surface area contributed by atoms with Crippen molar-refractivity contribution < 1.29 is 13.2 Å². The molecule has 0 saturated carbocycles. The predicted octanol–water partition coefficient (Wildman–Crippen LogP) is 2.72. The lowest BCUT2D eigenvalue weighted by molar-refractivity contribution is -0.137. The number of halogens is 4. The molecule has 154 valence electrons. The van der Waals surface area contributed by atoms with E-state index in [2.05, 4.69) is 25.2 Å². The summed E-state index contributed by atoms with van der Waals surface area (Å²) in [7, 11) is 0. The van der Waals surface area contributed by atoms with Crippen molar-refractivity contribution in [2.24, 2.45) is 10.7 Å². The number of hydrogen-bond acceptors (Lipinski definition) is 6. The average Bonchev–Trinajstić information content (AvgIpc) is 3.19. The number of aromatic nitrogens is 2. The van der Waals surface area contributed by atoms with Crippen LogP contribution in [0.15, 0.2) is 34.9 Å². The maximum absolute atomic E-state index is 12.9. The summed E-state index contributed by atoms with van der Waals surface area (Å²) >= 11 is 1.60. The minimum Gasteiger partial charge on any atom is -0.370 e. The van der Waals surface area contributed by atoms with Crippen molar-refractivity contribution in [3.05, 3.63) is 35.5 Å². The molecular weight excluding hydrogens is 506 g/mol. The van der Waals surface area contributed by atoms with Crippen LogP contribution in [0.3, 0.4) is 0 Å². The highest BCUT2D eigenvalue weighted by atomic mass is 127. The molecule has 3 rings (SSSR count). The van der Waals surface area contributed by atoms with Crippen molar-refractivity contribution in [1.29, 1.82) is 0 Å². The van der Waals surface area contributed by atoms with Crippen LogP contribution in [0.4, 0.5) is 24.1 Å². The van der Waals surface area contributed by atoms with E-state index >= 15 is 0 Å². The van der Waals surface area contributed by atoms with Crippen LogP contribution in [-0.4, -0.2) is 60.1 Å². The Labute approximate surface area is 181 Å². The van der Waals surface area contributed by atoms with Crippen molar-refractivity contribution in [2.45, 2.75) is 6.18 Å². The van der Waals surface area contributed by atoms with Gasteiger partial charge in [0.05, 0.1) is 12.1 Å². The van der Waals surface area contributed by atoms with Crippen molar-refractivity contribution in [3.8, 4) is 0 Å². The quantitative estimate of drug-likeness (QED) is 0.270. The molecule has 0 bridgehead atoms. The first-order valence-electron chi connectivity index (χ1n) is 8.40. The highest BCUT2D eigenvalue weighted by Crippen LogP contribution is 2.33. The second-order valence-corrected chi connectivity index (χ2v) is 6.73. The molecule has 3 heterocycles. The third-order valence-corrected chi connectivity index (χ3v) is 4.92. The first-order chi connectivity index (χ1) is 12.9. The smallest absolute Gasteiger partial charge is 0.370 e. The Bertz CT molecular complexity index is 762. The van der Waals surface area contributed by atoms with Crippen LogP contribution in [0.5, 0.6) is 0 Å². The number of thiazole rings is 1. The number of nitrogens with one attached hydrogen (secondary N) is 1. The van der Waals surface area contributed by atoms with Crippen molar-refractivity contribution in [1.82, 2.24) is 14.9 Å². The van der Waals surface area contributed by atoms with Gasteiger partial charge in [-0.25, -0.2) is 9.97 Å². The molecule has 1 aliphatic rings. The Morgan fingerprint density at radius 3 is 2.61 bits per heavy atom. The molecule has 0 amide bonds. The Morgan fingerprint density at radius 1 is 1.21 bits per heavy atom. The monoisotopic (exact) mass is 527 g/mol. The van der Waals surface area contributed by atoms with Crippen LogP contribution in [0.1, 0.15) is 5.56 Å². The molecule has 2 aromatic heterocycles. The molecule has 7 nitrogen and oxygen atoms in total. The molecular formula is C16H21F3IN7S. The van der Waals surface area contributed by atoms with E-state index in [0.29, 0.717) is 5.96 Å². The van der Waals surface area contributed by atoms with Crippen LogP contribution < -0.4 is 16.0 Å². The van der Waals surface area contributed by atoms with Gasteiger partial charge in [-0.3, -0.25) is 4.99 Å². The number of aliphatic imine (C=N–C) groups is 1. The maximum atomic E-state index is 12.9. The highest BCUT2D eigenvalue weighted by Gasteiger charge is 2.33. The van der Waals surface area contributed by atoms with E-state index in [-0.39, 0.29) is 42.9 Å². The molecule has 1 fully saturated rings. The van der Waals surface area contributed by atoms with Gasteiger partial charge < -0.3 is 20.9 Å². The summed E-state index contributed by atoms with van der Waals surface area (Å²) in [6.07, 6.45) is -1.35. The fourth-order valence-electron chi connectivity index (χ4n) is 2.72. The molecule has 0 radical (unpaired) electrons. The Hall–Kier alpha value is -1.83. The van der Waals surface area contributed by atoms with Crippen LogP contribution in [0.25, 0.3) is 0 Å². The maximum Gasteiger partial charge on any atom is 0.419 e. The fraction of sp³-hybridized carbons (Fsp3) is 0.438. The molecule has 0 aliphatic carbocycles. The Kier molecular flexibility index (Phi) is 8.10. The number of pyridine rings is 1. The predicted molar refractivity (Wildman–Crippen MR) is 116 cm³/mol. The molecule has 0 atom stereocenters. The van der Waals surface area contributed by atoms with E-state index in [1.54, 1.807) is 17.5 Å². The van der Waals surface area contributed by atoms with E-state index in [0.717, 1.165) is 37.4 Å². The van der Waals surface area contributed by atoms with Crippen LogP contribution in [0, 0.1) is 0 Å². The molecule has 2 aromatic rings. The lowest BCUT2D eigenvalue weighted by Gasteiger charge is -2.35. The van der Waals surface area contributed by atoms with E-state index in [1.807, 2.05) is 10.3 Å². The third-order valence-electron chi connectivity index (χ3n) is 4.08. The summed E-state index contributed by atoms with van der Waals surface area (Å²) in [5.74, 6) is 0.198. The molecule has 1 aliphatic heterocycles. The highest BCUT2D eigenvalue weighted by molar-refractivity contribution is 14.0. The van der Waals surface area contributed by atoms with Gasteiger partial charge in [0.1, 0.15) is 5.82 Å². The number of rotatable bonds is 5. The molecule has 0 spiro atoms. The van der Waals surface area contributed by atoms with E-state index in [1.165, 1.54) is 12.3 Å². The molecule has 0 unspecified atom stereocenters. The first-order valence-corrected chi connectivity index (χ1v) is 9.28. The number of piperazine rings is 1. The Balaban J connectivity index is 0.00000280. The van der Waals surface area contributed by atoms with E-state index < -0.39 is 11.7 Å². The summed E-state index contributed by atoms with van der Waals surface area (Å²) in [5, 5.41) is 5.61. The number of hydrogen-bond donors (Lipinski definition) is 2. The van der Waals surface area contributed by atoms with Crippen LogP contribution in [-0.2, 0) is 6.18 Å². The second kappa shape index (κ2) is 10.1. The van der Waals surface area contributed by atoms with Gasteiger partial charge in [-0.2, -0.15) is 13.2 Å². The minimum absolute atomic E-state index is 0. The molecule has 3 N–H and O–H groups in total. The zero-order valence-corrected chi connectivity index (χ0v) is 18.0. The molecule has 28 heavy (non-hydrogen) atoms. The summed E-state index contributed by atoms with van der Waals surface area (Å²) in [6, 6.07) is 2.25. The third kappa shape index (κ3) is 5.83. The number of nitrogens with two attached hydrogens (primary N) is 1. The van der Waals surface area contributed by atoms with Crippen LogP contribution >= 0.6 is 35.3 Å². The summed E-state index contributed by atoms with van der Waals surface area (Å²) < 4.78 is 38.8. The molecule has 12 heteroatoms. The zero-order chi connectivity index (χ0) is 19.3. The Morgan fingerprint density at radius 2 is 1.96 bits per heavy atom. The molecule has 0 aromatic carbocycles. The lowest BCUT2D eigenvalue weighted by Crippen LogP contribution is -2.51. The minimum atomic E-state index is -4.45. The lowest BCUT2D eigenvalue weighted by atomic mass is 10.2. The van der Waals surface area contributed by atoms with Gasteiger partial charge >= 0.3 is 6.18 Å². The van der Waals surface area contributed by atoms with Crippen molar-refractivity contribution in [2.75, 3.05) is 49.5 Å². The summed E-state index contributed by atoms with van der Waals surface area (Å²) in [4.78, 5) is 16.5. The van der Waals surface area contributed by atoms with Gasteiger partial charge in [0.15, 0.2) is 11.1 Å². The van der Waals surface area contributed by atoms with Gasteiger partial charge in [0, 0.05) is 50.5 Å². The summed E-state index contributed by atoms with van der Waals surface area (Å²) in [5.41, 5.74) is 5.22. The van der Waals surface area contributed by atoms with Gasteiger partial charge in [0.2, 0.25) is 0 Å². The van der Waals surface area contributed by atoms with Gasteiger partial charge in [-0.1, -0.05) is 0 Å². The first kappa shape index (κ1) is 22.5. The van der Waals surface area contributed by atoms with Gasteiger partial charge in [-0.15, -0.1) is 35.3 Å². The van der Waals surface area contributed by atoms with Gasteiger partial charge in [0.25, 0.3) is 0 Å². The van der Waals surface area contributed by atoms with E-state index in [4.69, 9.17) is 5.73 Å². The standard InChI is InChI=1S/C16H20F3N7S.HI/c17-16(18,19)12-2-1-3-21-13(12)22-4-5-23-14(20)25-7-9-26(10-8-25)15-24-6-11-27-15;/h1-3,6,11H,4-5,7-10H2,(H2,20,23)(H,21,22);1H. The van der Waals surface area contributed by atoms with Crippen molar-refractivity contribution in [3.63, 3.8) is 0 Å². The zero-order valence-electron chi connectivity index (χ0n) is 14.9. The fourth-order valence-corrected chi connectivity index (χ4v) is 3.42. The van der Waals surface area contributed by atoms with E-state index in [9.17, 15) is 13.2 Å². The SMILES string of the molecule is I.NC(=NCCNc1ncccc1C(F)(F)F)N1CCN(c2nccs2)CC1. The van der Waals surface area contributed by atoms with Crippen LogP contribution in [0.2, 0.25) is 0 Å². The molecule has 1 saturated heterocycles. The number of guanidine groups is 1. The largest absolute Gasteiger partial charge is 0.419 e. The normalized spacial score (nSPS) is 15.3. The number of nitrogens with zero attached hydrogens (tertiary/aromatic N) is 5.